The van der Waals surface area contributed by atoms with E-state index in [1.54, 1.807) is 0 Å². The first-order valence-corrected chi connectivity index (χ1v) is 6.77. The van der Waals surface area contributed by atoms with Gasteiger partial charge in [-0.1, -0.05) is 26.2 Å². The van der Waals surface area contributed by atoms with Crippen LogP contribution in [0.1, 0.15) is 49.4 Å². The largest absolute Gasteiger partial charge is 0.507 e. The highest BCUT2D eigenvalue weighted by Crippen LogP contribution is 2.35. The van der Waals surface area contributed by atoms with Gasteiger partial charge in [0.2, 0.25) is 0 Å². The van der Waals surface area contributed by atoms with E-state index in [4.69, 9.17) is 0 Å². The number of hydrogen-bond acceptors (Lipinski definition) is 2. The molecule has 0 unspecified atom stereocenters. The molecule has 2 rings (SSSR count). The summed E-state index contributed by atoms with van der Waals surface area (Å²) in [5, 5.41) is 12.4. The van der Waals surface area contributed by atoms with Crippen LogP contribution < -0.4 is 5.32 Å². The second-order valence-corrected chi connectivity index (χ2v) is 5.72. The van der Waals surface area contributed by atoms with Gasteiger partial charge in [-0.15, -0.1) is 0 Å². The van der Waals surface area contributed by atoms with Crippen LogP contribution in [0.15, 0.2) is 18.2 Å². The van der Waals surface area contributed by atoms with Crippen LogP contribution in [0.4, 0.5) is 4.39 Å². The fourth-order valence-corrected chi connectivity index (χ4v) is 2.67. The minimum absolute atomic E-state index is 0.126. The number of halogens is 1. The van der Waals surface area contributed by atoms with Gasteiger partial charge in [0.1, 0.15) is 11.6 Å². The van der Waals surface area contributed by atoms with E-state index < -0.39 is 5.82 Å². The summed E-state index contributed by atoms with van der Waals surface area (Å²) in [7, 11) is 0. The van der Waals surface area contributed by atoms with E-state index >= 15 is 0 Å². The summed E-state index contributed by atoms with van der Waals surface area (Å²) in [4.78, 5) is 12.0. The molecule has 1 aromatic carbocycles. The fourth-order valence-electron chi connectivity index (χ4n) is 2.67. The number of rotatable bonds is 3. The monoisotopic (exact) mass is 265 g/mol. The summed E-state index contributed by atoms with van der Waals surface area (Å²) >= 11 is 0. The average Bonchev–Trinajstić information content (AvgIpc) is 2.37. The van der Waals surface area contributed by atoms with Crippen LogP contribution >= 0.6 is 0 Å². The Morgan fingerprint density at radius 3 is 2.68 bits per heavy atom. The normalized spacial score (nSPS) is 18.0. The molecule has 104 valence electrons. The predicted octanol–water partition coefficient (Wildman–Crippen LogP) is 3.23. The third kappa shape index (κ3) is 3.46. The molecule has 0 bridgehead atoms. The van der Waals surface area contributed by atoms with Crippen LogP contribution in [0.2, 0.25) is 0 Å². The van der Waals surface area contributed by atoms with E-state index in [0.29, 0.717) is 6.54 Å². The zero-order valence-electron chi connectivity index (χ0n) is 11.2. The molecule has 0 spiro atoms. The zero-order chi connectivity index (χ0) is 13.9. The molecule has 1 aliphatic rings. The number of phenolic OH excluding ortho intramolecular Hbond substituents is 1. The van der Waals surface area contributed by atoms with Crippen molar-refractivity contribution in [1.29, 1.82) is 0 Å². The second-order valence-electron chi connectivity index (χ2n) is 5.72. The Labute approximate surface area is 112 Å². The van der Waals surface area contributed by atoms with Gasteiger partial charge in [-0.25, -0.2) is 4.39 Å². The van der Waals surface area contributed by atoms with Crippen molar-refractivity contribution in [3.63, 3.8) is 0 Å². The average molecular weight is 265 g/mol. The summed E-state index contributed by atoms with van der Waals surface area (Å²) in [6, 6.07) is 3.44. The SMILES string of the molecule is CC1(CNC(=O)c2ccc(F)cc2O)CCCCC1. The van der Waals surface area contributed by atoms with Crippen molar-refractivity contribution in [1.82, 2.24) is 5.32 Å². The zero-order valence-corrected chi connectivity index (χ0v) is 11.2. The highest BCUT2D eigenvalue weighted by atomic mass is 19.1. The number of carbonyl (C=O) groups excluding carboxylic acids is 1. The van der Waals surface area contributed by atoms with Gasteiger partial charge >= 0.3 is 0 Å². The number of amides is 1. The summed E-state index contributed by atoms with van der Waals surface area (Å²) in [5.41, 5.74) is 0.268. The van der Waals surface area contributed by atoms with Crippen LogP contribution in [0, 0.1) is 11.2 Å². The Morgan fingerprint density at radius 1 is 1.37 bits per heavy atom. The molecule has 3 nitrogen and oxygen atoms in total. The molecule has 1 saturated carbocycles. The van der Waals surface area contributed by atoms with Crippen molar-refractivity contribution >= 4 is 5.91 Å². The third-order valence-electron chi connectivity index (χ3n) is 3.94. The molecule has 4 heteroatoms. The van der Waals surface area contributed by atoms with Crippen LogP contribution in [-0.2, 0) is 0 Å². The smallest absolute Gasteiger partial charge is 0.255 e. The van der Waals surface area contributed by atoms with Crippen LogP contribution in [-0.4, -0.2) is 17.6 Å². The molecule has 19 heavy (non-hydrogen) atoms. The molecule has 1 aromatic rings. The Hall–Kier alpha value is -1.58. The first-order valence-electron chi connectivity index (χ1n) is 6.77. The molecule has 0 atom stereocenters. The van der Waals surface area contributed by atoms with E-state index in [1.165, 1.54) is 31.4 Å². The lowest BCUT2D eigenvalue weighted by Gasteiger charge is -2.33. The first kappa shape index (κ1) is 13.8. The van der Waals surface area contributed by atoms with Crippen LogP contribution in [0.25, 0.3) is 0 Å². The lowest BCUT2D eigenvalue weighted by molar-refractivity contribution is 0.0916. The molecule has 0 saturated heterocycles. The van der Waals surface area contributed by atoms with E-state index in [0.717, 1.165) is 18.9 Å². The summed E-state index contributed by atoms with van der Waals surface area (Å²) in [6.07, 6.45) is 5.90. The van der Waals surface area contributed by atoms with E-state index in [1.807, 2.05) is 0 Å². The van der Waals surface area contributed by atoms with Gasteiger partial charge in [0, 0.05) is 12.6 Å². The summed E-state index contributed by atoms with van der Waals surface area (Å²) in [6.45, 7) is 2.78. The lowest BCUT2D eigenvalue weighted by Crippen LogP contribution is -2.37. The number of nitrogens with one attached hydrogen (secondary N) is 1. The van der Waals surface area contributed by atoms with Crippen molar-refractivity contribution in [3.05, 3.63) is 29.6 Å². The second kappa shape index (κ2) is 5.59. The molecule has 1 aliphatic carbocycles. The molecular formula is C15H20FNO2. The van der Waals surface area contributed by atoms with Crippen molar-refractivity contribution in [2.24, 2.45) is 5.41 Å². The van der Waals surface area contributed by atoms with E-state index in [2.05, 4.69) is 12.2 Å². The fraction of sp³-hybridized carbons (Fsp3) is 0.533. The van der Waals surface area contributed by atoms with Gasteiger partial charge in [-0.05, 0) is 30.4 Å². The van der Waals surface area contributed by atoms with E-state index in [-0.39, 0.29) is 22.6 Å². The quantitative estimate of drug-likeness (QED) is 0.881. The van der Waals surface area contributed by atoms with Gasteiger partial charge < -0.3 is 10.4 Å². The highest BCUT2D eigenvalue weighted by molar-refractivity contribution is 5.96. The number of carbonyl (C=O) groups is 1. The standard InChI is InChI=1S/C15H20FNO2/c1-15(7-3-2-4-8-15)10-17-14(19)12-6-5-11(16)9-13(12)18/h5-6,9,18H,2-4,7-8,10H2,1H3,(H,17,19). The maximum Gasteiger partial charge on any atom is 0.255 e. The Balaban J connectivity index is 1.97. The van der Waals surface area contributed by atoms with Crippen molar-refractivity contribution in [3.8, 4) is 5.75 Å². The minimum Gasteiger partial charge on any atom is -0.507 e. The molecule has 0 aromatic heterocycles. The van der Waals surface area contributed by atoms with Crippen molar-refractivity contribution < 1.29 is 14.3 Å². The number of hydrogen-bond donors (Lipinski definition) is 2. The number of phenols is 1. The van der Waals surface area contributed by atoms with Gasteiger partial charge in [0.15, 0.2) is 0 Å². The molecular weight excluding hydrogens is 245 g/mol. The highest BCUT2D eigenvalue weighted by Gasteiger charge is 2.27. The summed E-state index contributed by atoms with van der Waals surface area (Å²) in [5.74, 6) is -1.20. The van der Waals surface area contributed by atoms with Gasteiger partial charge in [0.05, 0.1) is 5.56 Å². The number of aromatic hydroxyl groups is 1. The van der Waals surface area contributed by atoms with Crippen molar-refractivity contribution in [2.75, 3.05) is 6.54 Å². The topological polar surface area (TPSA) is 49.3 Å². The number of benzene rings is 1. The molecule has 1 amide bonds. The lowest BCUT2D eigenvalue weighted by atomic mass is 9.76. The van der Waals surface area contributed by atoms with Crippen molar-refractivity contribution in [2.45, 2.75) is 39.0 Å². The van der Waals surface area contributed by atoms with Crippen LogP contribution in [0.5, 0.6) is 5.75 Å². The Bertz CT molecular complexity index is 467. The van der Waals surface area contributed by atoms with Crippen LogP contribution in [0.3, 0.4) is 0 Å². The minimum atomic E-state index is -0.548. The van der Waals surface area contributed by atoms with Gasteiger partial charge in [-0.2, -0.15) is 0 Å². The molecule has 2 N–H and O–H groups in total. The first-order chi connectivity index (χ1) is 9.00. The predicted molar refractivity (Wildman–Crippen MR) is 71.6 cm³/mol. The maximum absolute atomic E-state index is 12.9. The molecule has 0 aliphatic heterocycles. The Morgan fingerprint density at radius 2 is 2.05 bits per heavy atom. The molecule has 1 fully saturated rings. The summed E-state index contributed by atoms with van der Waals surface area (Å²) < 4.78 is 12.9. The van der Waals surface area contributed by atoms with Gasteiger partial charge in [-0.3, -0.25) is 4.79 Å². The molecule has 0 radical (unpaired) electrons. The third-order valence-corrected chi connectivity index (χ3v) is 3.94. The van der Waals surface area contributed by atoms with E-state index in [9.17, 15) is 14.3 Å². The maximum atomic E-state index is 12.9. The van der Waals surface area contributed by atoms with Gasteiger partial charge in [0.25, 0.3) is 5.91 Å². The Kier molecular flexibility index (Phi) is 4.08. The molecule has 0 heterocycles.